The lowest BCUT2D eigenvalue weighted by Crippen LogP contribution is -2.48. The Kier molecular flexibility index (Phi) is 6.05. The van der Waals surface area contributed by atoms with Crippen LogP contribution in [0.1, 0.15) is 127 Å². The van der Waals surface area contributed by atoms with Crippen molar-refractivity contribution in [3.05, 3.63) is 17.0 Å². The molecule has 2 saturated carbocycles. The normalized spacial score (nSPS) is 32.9. The van der Waals surface area contributed by atoms with Crippen molar-refractivity contribution >= 4 is 6.09 Å². The Morgan fingerprint density at radius 2 is 1.75 bits per heavy atom. The van der Waals surface area contributed by atoms with Crippen molar-refractivity contribution in [3.8, 4) is 0 Å². The van der Waals surface area contributed by atoms with Crippen molar-refractivity contribution in [1.29, 1.82) is 0 Å². The highest BCUT2D eigenvalue weighted by Gasteiger charge is 2.45. The molecule has 2 aliphatic carbocycles. The maximum Gasteiger partial charge on any atom is 0.410 e. The van der Waals surface area contributed by atoms with E-state index in [1.807, 2.05) is 20.8 Å². The minimum atomic E-state index is -0.423. The molecule has 5 nitrogen and oxygen atoms in total. The average Bonchev–Trinajstić information content (AvgIpc) is 3.42. The monoisotopic (exact) mass is 442 g/mol. The largest absolute Gasteiger partial charge is 0.444 e. The Balaban J connectivity index is 1.25. The van der Waals surface area contributed by atoms with E-state index in [9.17, 15) is 4.79 Å². The minimum Gasteiger partial charge on any atom is -0.444 e. The number of nitrogens with zero attached hydrogens (tertiary/aromatic N) is 2. The first-order valence-corrected chi connectivity index (χ1v) is 13.3. The van der Waals surface area contributed by atoms with Gasteiger partial charge in [-0.05, 0) is 90.4 Å². The van der Waals surface area contributed by atoms with E-state index in [1.54, 1.807) is 0 Å². The number of fused-ring (bicyclic) bond motifs is 2. The van der Waals surface area contributed by atoms with E-state index in [0.29, 0.717) is 35.8 Å². The highest BCUT2D eigenvalue weighted by molar-refractivity contribution is 5.69. The average molecular weight is 443 g/mol. The zero-order valence-electron chi connectivity index (χ0n) is 20.6. The number of aromatic nitrogens is 1. The molecule has 2 saturated heterocycles. The first kappa shape index (κ1) is 22.3. The summed E-state index contributed by atoms with van der Waals surface area (Å²) in [7, 11) is 0. The number of carbonyl (C=O) groups is 1. The fourth-order valence-electron chi connectivity index (χ4n) is 6.75. The Bertz CT molecular complexity index is 807. The molecule has 4 aliphatic rings. The van der Waals surface area contributed by atoms with Crippen LogP contribution in [-0.4, -0.2) is 33.8 Å². The summed E-state index contributed by atoms with van der Waals surface area (Å²) >= 11 is 0. The van der Waals surface area contributed by atoms with Gasteiger partial charge in [0, 0.05) is 29.5 Å². The molecule has 0 N–H and O–H groups in total. The number of hydrogen-bond donors (Lipinski definition) is 0. The summed E-state index contributed by atoms with van der Waals surface area (Å²) in [5.41, 5.74) is 2.34. The molecule has 0 aromatic carbocycles. The van der Waals surface area contributed by atoms with Gasteiger partial charge in [-0.1, -0.05) is 31.3 Å². The van der Waals surface area contributed by atoms with E-state index in [4.69, 9.17) is 9.26 Å². The fourth-order valence-corrected chi connectivity index (χ4v) is 6.75. The molecule has 2 aliphatic heterocycles. The van der Waals surface area contributed by atoms with Gasteiger partial charge in [0.2, 0.25) is 0 Å². The molecule has 178 valence electrons. The molecule has 4 fully saturated rings. The van der Waals surface area contributed by atoms with Gasteiger partial charge in [0.05, 0.1) is 5.69 Å². The van der Waals surface area contributed by atoms with Crippen molar-refractivity contribution < 1.29 is 14.1 Å². The number of ether oxygens (including phenoxy) is 1. The van der Waals surface area contributed by atoms with Gasteiger partial charge >= 0.3 is 6.09 Å². The van der Waals surface area contributed by atoms with Crippen molar-refractivity contribution in [1.82, 2.24) is 10.1 Å². The molecule has 32 heavy (non-hydrogen) atoms. The lowest BCUT2D eigenvalue weighted by molar-refractivity contribution is 0.00165. The number of carbonyl (C=O) groups excluding carboxylic acids is 1. The molecule has 5 atom stereocenters. The summed E-state index contributed by atoms with van der Waals surface area (Å²) in [4.78, 5) is 14.9. The second kappa shape index (κ2) is 8.68. The lowest BCUT2D eigenvalue weighted by atomic mass is 9.76. The van der Waals surface area contributed by atoms with E-state index in [-0.39, 0.29) is 6.09 Å². The summed E-state index contributed by atoms with van der Waals surface area (Å²) in [5, 5.41) is 4.68. The summed E-state index contributed by atoms with van der Waals surface area (Å²) in [6.07, 6.45) is 14.5. The quantitative estimate of drug-likeness (QED) is 0.495. The fraction of sp³-hybridized carbons (Fsp3) is 0.852. The van der Waals surface area contributed by atoms with Crippen LogP contribution in [0.25, 0.3) is 0 Å². The van der Waals surface area contributed by atoms with Gasteiger partial charge in [-0.3, -0.25) is 0 Å². The van der Waals surface area contributed by atoms with Gasteiger partial charge < -0.3 is 14.2 Å². The molecule has 5 rings (SSSR count). The molecule has 2 bridgehead atoms. The van der Waals surface area contributed by atoms with E-state index in [0.717, 1.165) is 32.1 Å². The van der Waals surface area contributed by atoms with E-state index < -0.39 is 5.60 Å². The van der Waals surface area contributed by atoms with Crippen LogP contribution in [0.4, 0.5) is 4.79 Å². The number of hydrogen-bond acceptors (Lipinski definition) is 4. The Labute approximate surface area is 193 Å². The van der Waals surface area contributed by atoms with Crippen LogP contribution >= 0.6 is 0 Å². The first-order chi connectivity index (χ1) is 15.3. The summed E-state index contributed by atoms with van der Waals surface area (Å²) < 4.78 is 11.7. The van der Waals surface area contributed by atoms with Crippen molar-refractivity contribution in [3.63, 3.8) is 0 Å². The predicted octanol–water partition coefficient (Wildman–Crippen LogP) is 6.96. The van der Waals surface area contributed by atoms with E-state index in [2.05, 4.69) is 17.0 Å². The van der Waals surface area contributed by atoms with Crippen LogP contribution in [-0.2, 0) is 11.2 Å². The molecule has 3 heterocycles. The minimum absolute atomic E-state index is 0.105. The topological polar surface area (TPSA) is 55.6 Å². The van der Waals surface area contributed by atoms with Crippen LogP contribution in [0.15, 0.2) is 4.52 Å². The van der Waals surface area contributed by atoms with Gasteiger partial charge in [0.15, 0.2) is 0 Å². The molecule has 1 aromatic heterocycles. The van der Waals surface area contributed by atoms with Gasteiger partial charge in [-0.15, -0.1) is 0 Å². The van der Waals surface area contributed by atoms with E-state index in [1.165, 1.54) is 62.0 Å². The summed E-state index contributed by atoms with van der Waals surface area (Å²) in [6, 6.07) is 0.716. The van der Waals surface area contributed by atoms with Gasteiger partial charge in [0.1, 0.15) is 11.4 Å². The van der Waals surface area contributed by atoms with Gasteiger partial charge in [0.25, 0.3) is 0 Å². The number of piperidine rings is 1. The van der Waals surface area contributed by atoms with Crippen molar-refractivity contribution in [2.24, 2.45) is 11.8 Å². The molecule has 0 spiro atoms. The zero-order valence-corrected chi connectivity index (χ0v) is 20.6. The van der Waals surface area contributed by atoms with Crippen molar-refractivity contribution in [2.75, 3.05) is 0 Å². The third kappa shape index (κ3) is 4.59. The second-order valence-electron chi connectivity index (χ2n) is 12.2. The molecular weight excluding hydrogens is 400 g/mol. The highest BCUT2D eigenvalue weighted by Crippen LogP contribution is 2.47. The Morgan fingerprint density at radius 3 is 2.38 bits per heavy atom. The maximum atomic E-state index is 12.8. The van der Waals surface area contributed by atoms with Gasteiger partial charge in [-0.2, -0.15) is 0 Å². The molecule has 1 amide bonds. The SMILES string of the molecule is CC1CCCCC1c1noc(C2CC2)c1CCC1CC2CC[C@@H](C1)N2C(=O)OC(C)(C)C. The smallest absolute Gasteiger partial charge is 0.410 e. The van der Waals surface area contributed by atoms with Crippen molar-refractivity contribution in [2.45, 2.75) is 134 Å². The number of amides is 1. The standard InChI is InChI=1S/C27H42N2O3/c1-17-7-5-6-8-22(17)24-23(25(32-28-24)19-10-11-19)14-9-18-15-20-12-13-21(16-18)29(20)26(30)31-27(2,3)4/h17-22H,5-16H2,1-4H3/t17?,18?,20-,21?,22?/m0/s1. The summed E-state index contributed by atoms with van der Waals surface area (Å²) in [6.45, 7) is 8.28. The first-order valence-electron chi connectivity index (χ1n) is 13.3. The van der Waals surface area contributed by atoms with Gasteiger partial charge in [-0.25, -0.2) is 4.79 Å². The summed E-state index contributed by atoms with van der Waals surface area (Å²) in [5.74, 6) is 3.82. The Morgan fingerprint density at radius 1 is 1.06 bits per heavy atom. The van der Waals surface area contributed by atoms with E-state index >= 15 is 0 Å². The maximum absolute atomic E-state index is 12.8. The molecule has 5 heteroatoms. The lowest BCUT2D eigenvalue weighted by Gasteiger charge is -2.39. The molecule has 0 radical (unpaired) electrons. The van der Waals surface area contributed by atoms with Crippen LogP contribution in [0.3, 0.4) is 0 Å². The third-order valence-electron chi connectivity index (χ3n) is 8.50. The second-order valence-corrected chi connectivity index (χ2v) is 12.2. The highest BCUT2D eigenvalue weighted by atomic mass is 16.6. The van der Waals surface area contributed by atoms with Crippen LogP contribution < -0.4 is 0 Å². The zero-order chi connectivity index (χ0) is 22.5. The number of rotatable bonds is 5. The third-order valence-corrected chi connectivity index (χ3v) is 8.50. The van der Waals surface area contributed by atoms with Crippen LogP contribution in [0.2, 0.25) is 0 Å². The van der Waals surface area contributed by atoms with Crippen LogP contribution in [0, 0.1) is 11.8 Å². The predicted molar refractivity (Wildman–Crippen MR) is 125 cm³/mol. The molecular formula is C27H42N2O3. The molecule has 1 aromatic rings. The molecule has 4 unspecified atom stereocenters. The Hall–Kier alpha value is -1.52. The van der Waals surface area contributed by atoms with Crippen LogP contribution in [0.5, 0.6) is 0 Å².